The number of methoxy groups -OCH3 is 1. The third kappa shape index (κ3) is 5.72. The molecule has 3 atom stereocenters. The Labute approximate surface area is 167 Å². The molecule has 0 spiro atoms. The molecule has 0 bridgehead atoms. The quantitative estimate of drug-likeness (QED) is 0.743. The van der Waals surface area contributed by atoms with Crippen LogP contribution in [0.25, 0.3) is 0 Å². The molecule has 0 aromatic carbocycles. The monoisotopic (exact) mass is 394 g/mol. The molecule has 7 heteroatoms. The highest BCUT2D eigenvalue weighted by atomic mass is 32.2. The second kappa shape index (κ2) is 9.94. The van der Waals surface area contributed by atoms with Crippen LogP contribution < -0.4 is 10.6 Å². The third-order valence-electron chi connectivity index (χ3n) is 5.86. The molecule has 152 valence electrons. The number of aromatic nitrogens is 2. The van der Waals surface area contributed by atoms with Crippen molar-refractivity contribution in [1.29, 1.82) is 0 Å². The number of carbonyl (C=O) groups is 1. The summed E-state index contributed by atoms with van der Waals surface area (Å²) in [5.41, 5.74) is 2.15. The van der Waals surface area contributed by atoms with Crippen LogP contribution in [0.3, 0.4) is 0 Å². The molecule has 1 aromatic rings. The summed E-state index contributed by atoms with van der Waals surface area (Å²) in [5, 5.41) is 11.4. The zero-order valence-electron chi connectivity index (χ0n) is 16.9. The molecular formula is C20H34N4O2S. The van der Waals surface area contributed by atoms with E-state index in [2.05, 4.69) is 21.8 Å². The van der Waals surface area contributed by atoms with E-state index in [1.54, 1.807) is 7.11 Å². The van der Waals surface area contributed by atoms with Gasteiger partial charge in [-0.2, -0.15) is 16.9 Å². The minimum atomic E-state index is 0.0513. The van der Waals surface area contributed by atoms with E-state index in [0.717, 1.165) is 37.2 Å². The van der Waals surface area contributed by atoms with E-state index in [1.807, 2.05) is 30.3 Å². The smallest absolute Gasteiger partial charge is 0.223 e. The number of carbonyl (C=O) groups excluding carboxylic acids is 1. The Morgan fingerprint density at radius 2 is 2.07 bits per heavy atom. The molecule has 2 N–H and O–H groups in total. The predicted molar refractivity (Wildman–Crippen MR) is 110 cm³/mol. The second-order valence-electron chi connectivity index (χ2n) is 7.89. The lowest BCUT2D eigenvalue weighted by Crippen LogP contribution is -2.51. The Bertz CT molecular complexity index is 615. The van der Waals surface area contributed by atoms with Gasteiger partial charge >= 0.3 is 0 Å². The van der Waals surface area contributed by atoms with Crippen LogP contribution in [0.15, 0.2) is 6.07 Å². The van der Waals surface area contributed by atoms with Crippen LogP contribution in [0.2, 0.25) is 0 Å². The van der Waals surface area contributed by atoms with E-state index >= 15 is 0 Å². The van der Waals surface area contributed by atoms with Crippen LogP contribution in [0.1, 0.15) is 43.5 Å². The van der Waals surface area contributed by atoms with Gasteiger partial charge in [0, 0.05) is 37.4 Å². The van der Waals surface area contributed by atoms with Crippen molar-refractivity contribution in [1.82, 2.24) is 20.4 Å². The zero-order valence-corrected chi connectivity index (χ0v) is 17.7. The number of rotatable bonds is 7. The van der Waals surface area contributed by atoms with Crippen LogP contribution in [0.5, 0.6) is 0 Å². The van der Waals surface area contributed by atoms with Crippen molar-refractivity contribution in [2.24, 2.45) is 5.92 Å². The van der Waals surface area contributed by atoms with Crippen LogP contribution in [-0.2, 0) is 16.1 Å². The molecule has 1 aliphatic heterocycles. The summed E-state index contributed by atoms with van der Waals surface area (Å²) in [5.74, 6) is 2.71. The van der Waals surface area contributed by atoms with Crippen LogP contribution in [-0.4, -0.2) is 59.0 Å². The molecule has 1 amide bonds. The SMILES string of the molecule is CO[C@@H]1C[C@@H](C(=O)NCCn2nc(C)cc2C)CC[C@H]1NC1CCSCC1. The highest BCUT2D eigenvalue weighted by Gasteiger charge is 2.35. The van der Waals surface area contributed by atoms with E-state index in [-0.39, 0.29) is 17.9 Å². The van der Waals surface area contributed by atoms with E-state index in [1.165, 1.54) is 24.3 Å². The Hall–Kier alpha value is -1.05. The fourth-order valence-electron chi connectivity index (χ4n) is 4.32. The first kappa shape index (κ1) is 20.7. The second-order valence-corrected chi connectivity index (χ2v) is 9.11. The first-order valence-electron chi connectivity index (χ1n) is 10.2. The van der Waals surface area contributed by atoms with Gasteiger partial charge in [0.15, 0.2) is 0 Å². The fraction of sp³-hybridized carbons (Fsp3) is 0.800. The molecule has 1 saturated carbocycles. The molecule has 27 heavy (non-hydrogen) atoms. The molecule has 0 radical (unpaired) electrons. The first-order valence-corrected chi connectivity index (χ1v) is 11.4. The van der Waals surface area contributed by atoms with Gasteiger partial charge in [0.2, 0.25) is 5.91 Å². The molecule has 1 saturated heterocycles. The average Bonchev–Trinajstić information content (AvgIpc) is 3.00. The van der Waals surface area contributed by atoms with Crippen LogP contribution in [0.4, 0.5) is 0 Å². The predicted octanol–water partition coefficient (Wildman–Crippen LogP) is 2.29. The molecule has 1 aliphatic carbocycles. The van der Waals surface area contributed by atoms with Crippen LogP contribution in [0, 0.1) is 19.8 Å². The number of hydrogen-bond donors (Lipinski definition) is 2. The van der Waals surface area contributed by atoms with Gasteiger partial charge in [-0.05, 0) is 63.5 Å². The molecule has 2 aliphatic rings. The minimum absolute atomic E-state index is 0.0513. The largest absolute Gasteiger partial charge is 0.380 e. The molecule has 1 aromatic heterocycles. The lowest BCUT2D eigenvalue weighted by atomic mass is 9.82. The van der Waals surface area contributed by atoms with E-state index < -0.39 is 0 Å². The van der Waals surface area contributed by atoms with Gasteiger partial charge in [-0.1, -0.05) is 0 Å². The molecule has 2 fully saturated rings. The lowest BCUT2D eigenvalue weighted by Gasteiger charge is -2.38. The number of thioether (sulfide) groups is 1. The van der Waals surface area contributed by atoms with Gasteiger partial charge < -0.3 is 15.4 Å². The van der Waals surface area contributed by atoms with Crippen molar-refractivity contribution < 1.29 is 9.53 Å². The summed E-state index contributed by atoms with van der Waals surface area (Å²) in [6.45, 7) is 5.38. The zero-order chi connectivity index (χ0) is 19.2. The van der Waals surface area contributed by atoms with Gasteiger partial charge in [0.05, 0.1) is 18.3 Å². The van der Waals surface area contributed by atoms with E-state index in [4.69, 9.17) is 4.74 Å². The van der Waals surface area contributed by atoms with Crippen molar-refractivity contribution >= 4 is 17.7 Å². The van der Waals surface area contributed by atoms with Crippen molar-refractivity contribution in [3.63, 3.8) is 0 Å². The average molecular weight is 395 g/mol. The fourth-order valence-corrected chi connectivity index (χ4v) is 5.42. The topological polar surface area (TPSA) is 68.2 Å². The third-order valence-corrected chi connectivity index (χ3v) is 6.91. The number of amides is 1. The number of hydrogen-bond acceptors (Lipinski definition) is 5. The van der Waals surface area contributed by atoms with E-state index in [9.17, 15) is 4.79 Å². The van der Waals surface area contributed by atoms with Gasteiger partial charge in [-0.15, -0.1) is 0 Å². The Balaban J connectivity index is 1.43. The van der Waals surface area contributed by atoms with Crippen molar-refractivity contribution in [2.45, 2.75) is 70.7 Å². The summed E-state index contributed by atoms with van der Waals surface area (Å²) in [4.78, 5) is 12.6. The molecule has 2 heterocycles. The van der Waals surface area contributed by atoms with Crippen LogP contribution >= 0.6 is 11.8 Å². The maximum atomic E-state index is 12.6. The maximum Gasteiger partial charge on any atom is 0.223 e. The normalized spacial score (nSPS) is 26.9. The number of nitrogens with zero attached hydrogens (tertiary/aromatic N) is 2. The standard InChI is InChI=1S/C20H34N4O2S/c1-14-12-15(2)24(23-14)9-8-21-20(25)16-4-5-18(19(13-16)26-3)22-17-6-10-27-11-7-17/h12,16-19,22H,4-11,13H2,1-3H3,(H,21,25)/t16-,18+,19+/m0/s1. The first-order chi connectivity index (χ1) is 13.1. The number of ether oxygens (including phenoxy) is 1. The molecular weight excluding hydrogens is 360 g/mol. The van der Waals surface area contributed by atoms with Crippen molar-refractivity contribution in [3.8, 4) is 0 Å². The lowest BCUT2D eigenvalue weighted by molar-refractivity contribution is -0.128. The van der Waals surface area contributed by atoms with Gasteiger partial charge in [-0.25, -0.2) is 0 Å². The highest BCUT2D eigenvalue weighted by molar-refractivity contribution is 7.99. The summed E-state index contributed by atoms with van der Waals surface area (Å²) in [6.07, 6.45) is 5.37. The minimum Gasteiger partial charge on any atom is -0.380 e. The van der Waals surface area contributed by atoms with Crippen molar-refractivity contribution in [2.75, 3.05) is 25.2 Å². The van der Waals surface area contributed by atoms with Gasteiger partial charge in [-0.3, -0.25) is 9.48 Å². The number of nitrogens with one attached hydrogen (secondary N) is 2. The molecule has 6 nitrogen and oxygen atoms in total. The van der Waals surface area contributed by atoms with Gasteiger partial charge in [0.1, 0.15) is 0 Å². The Morgan fingerprint density at radius 1 is 1.30 bits per heavy atom. The van der Waals surface area contributed by atoms with Crippen molar-refractivity contribution in [3.05, 3.63) is 17.5 Å². The van der Waals surface area contributed by atoms with Gasteiger partial charge in [0.25, 0.3) is 0 Å². The summed E-state index contributed by atoms with van der Waals surface area (Å²) >= 11 is 2.05. The van der Waals surface area contributed by atoms with E-state index in [0.29, 0.717) is 18.6 Å². The number of aryl methyl sites for hydroxylation is 2. The highest BCUT2D eigenvalue weighted by Crippen LogP contribution is 2.28. The molecule has 3 rings (SSSR count). The Kier molecular flexibility index (Phi) is 7.61. The molecule has 0 unspecified atom stereocenters. The Morgan fingerprint density at radius 3 is 2.74 bits per heavy atom. The summed E-state index contributed by atoms with van der Waals surface area (Å²) < 4.78 is 7.71. The summed E-state index contributed by atoms with van der Waals surface area (Å²) in [6, 6.07) is 3.05. The maximum absolute atomic E-state index is 12.6. The summed E-state index contributed by atoms with van der Waals surface area (Å²) in [7, 11) is 1.78.